The van der Waals surface area contributed by atoms with E-state index in [0.717, 1.165) is 11.1 Å². The second-order valence-corrected chi connectivity index (χ2v) is 4.36. The molecule has 2 atom stereocenters. The molecule has 3 nitrogen and oxygen atoms in total. The Morgan fingerprint density at radius 3 is 2.59 bits per heavy atom. The molecule has 0 fully saturated rings. The van der Waals surface area contributed by atoms with Crippen LogP contribution >= 0.6 is 0 Å². The highest BCUT2D eigenvalue weighted by atomic mass is 19.4. The Hall–Kier alpha value is -1.20. The normalized spacial score (nSPS) is 15.6. The number of nitrogens with one attached hydrogen (secondary N) is 1. The molecule has 1 aromatic rings. The zero-order valence-corrected chi connectivity index (χ0v) is 10.3. The zero-order chi connectivity index (χ0) is 13.1. The number of anilines is 1. The molecule has 1 N–H and O–H groups in total. The molecule has 0 aromatic carbocycles. The van der Waals surface area contributed by atoms with Crippen molar-refractivity contribution in [3.63, 3.8) is 0 Å². The smallest absolute Gasteiger partial charge is 0.380 e. The molecule has 0 amide bonds. The van der Waals surface area contributed by atoms with E-state index >= 15 is 0 Å². The van der Waals surface area contributed by atoms with Crippen LogP contribution in [0.1, 0.15) is 27.2 Å². The zero-order valence-electron chi connectivity index (χ0n) is 10.3. The lowest BCUT2D eigenvalue weighted by Gasteiger charge is -2.19. The molecule has 1 rings (SSSR count). The number of alkyl halides is 3. The van der Waals surface area contributed by atoms with Gasteiger partial charge in [-0.25, -0.2) is 0 Å². The number of halogens is 3. The maximum absolute atomic E-state index is 12.1. The average molecular weight is 249 g/mol. The predicted octanol–water partition coefficient (Wildman–Crippen LogP) is 3.29. The van der Waals surface area contributed by atoms with Crippen LogP contribution in [0.25, 0.3) is 0 Å². The molecule has 1 aromatic heterocycles. The van der Waals surface area contributed by atoms with Crippen LogP contribution in [0.2, 0.25) is 0 Å². The molecule has 17 heavy (non-hydrogen) atoms. The molecule has 0 aliphatic carbocycles. The summed E-state index contributed by atoms with van der Waals surface area (Å²) in [5.74, 6) is 0.459. The maximum Gasteiger partial charge on any atom is 0.408 e. The molecule has 0 bridgehead atoms. The summed E-state index contributed by atoms with van der Waals surface area (Å²) in [5, 5.41) is 6.82. The van der Waals surface area contributed by atoms with Gasteiger partial charge in [0, 0.05) is 12.2 Å². The van der Waals surface area contributed by atoms with Crippen LogP contribution in [0, 0.1) is 5.92 Å². The topological polar surface area (TPSA) is 29.9 Å². The van der Waals surface area contributed by atoms with Gasteiger partial charge >= 0.3 is 6.18 Å². The van der Waals surface area contributed by atoms with Gasteiger partial charge in [0.15, 0.2) is 0 Å². The summed E-state index contributed by atoms with van der Waals surface area (Å²) in [7, 11) is 0. The van der Waals surface area contributed by atoms with Gasteiger partial charge in [-0.15, -0.1) is 0 Å². The van der Waals surface area contributed by atoms with E-state index in [-0.39, 0.29) is 6.04 Å². The molecule has 6 heteroatoms. The lowest BCUT2D eigenvalue weighted by molar-refractivity contribution is -0.142. The first-order chi connectivity index (χ1) is 7.81. The van der Waals surface area contributed by atoms with E-state index in [1.807, 2.05) is 6.92 Å². The molecule has 0 radical (unpaired) electrons. The highest BCUT2D eigenvalue weighted by Gasteiger charge is 2.28. The van der Waals surface area contributed by atoms with Gasteiger partial charge in [0.2, 0.25) is 0 Å². The number of nitrogens with zero attached hydrogens (tertiary/aromatic N) is 2. The first kappa shape index (κ1) is 13.9. The summed E-state index contributed by atoms with van der Waals surface area (Å²) in [6, 6.07) is 0.212. The van der Waals surface area contributed by atoms with Crippen molar-refractivity contribution in [1.29, 1.82) is 0 Å². The Morgan fingerprint density at radius 1 is 1.41 bits per heavy atom. The van der Waals surface area contributed by atoms with E-state index in [4.69, 9.17) is 0 Å². The fourth-order valence-electron chi connectivity index (χ4n) is 1.47. The second kappa shape index (κ2) is 5.42. The van der Waals surface area contributed by atoms with Crippen molar-refractivity contribution < 1.29 is 13.2 Å². The Kier molecular flexibility index (Phi) is 4.42. The fraction of sp³-hybridized carbons (Fsp3) is 0.727. The molecular formula is C11H18F3N3. The molecule has 0 unspecified atom stereocenters. The van der Waals surface area contributed by atoms with Gasteiger partial charge in [-0.2, -0.15) is 18.3 Å². The summed E-state index contributed by atoms with van der Waals surface area (Å²) in [4.78, 5) is 0. The molecule has 1 heterocycles. The fourth-order valence-corrected chi connectivity index (χ4v) is 1.47. The summed E-state index contributed by atoms with van der Waals surface area (Å²) in [6.07, 6.45) is -0.409. The van der Waals surface area contributed by atoms with E-state index in [1.54, 1.807) is 0 Å². The molecule has 0 saturated heterocycles. The highest BCUT2D eigenvalue weighted by molar-refractivity contribution is 5.39. The van der Waals surface area contributed by atoms with Crippen molar-refractivity contribution in [2.24, 2.45) is 5.92 Å². The average Bonchev–Trinajstić information content (AvgIpc) is 2.61. The van der Waals surface area contributed by atoms with Gasteiger partial charge in [0.1, 0.15) is 6.54 Å². The van der Waals surface area contributed by atoms with Crippen LogP contribution in [0.3, 0.4) is 0 Å². The Labute approximate surface area is 99.0 Å². The summed E-state index contributed by atoms with van der Waals surface area (Å²) >= 11 is 0. The SMILES string of the molecule is CC[C@H](C)[C@H](C)Nc1cnn(CC(F)(F)F)c1. The first-order valence-electron chi connectivity index (χ1n) is 5.67. The minimum absolute atomic E-state index is 0.212. The van der Waals surface area contributed by atoms with Gasteiger partial charge in [0.05, 0.1) is 11.9 Å². The van der Waals surface area contributed by atoms with Gasteiger partial charge in [-0.05, 0) is 12.8 Å². The van der Waals surface area contributed by atoms with Crippen LogP contribution < -0.4 is 5.32 Å². The third kappa shape index (κ3) is 4.66. The van der Waals surface area contributed by atoms with Crippen LogP contribution in [0.4, 0.5) is 18.9 Å². The Balaban J connectivity index is 2.57. The maximum atomic E-state index is 12.1. The molecule has 0 aliphatic heterocycles. The highest BCUT2D eigenvalue weighted by Crippen LogP contribution is 2.19. The second-order valence-electron chi connectivity index (χ2n) is 4.36. The lowest BCUT2D eigenvalue weighted by atomic mass is 10.0. The van der Waals surface area contributed by atoms with Crippen LogP contribution in [0.5, 0.6) is 0 Å². The van der Waals surface area contributed by atoms with Crippen LogP contribution in [-0.4, -0.2) is 22.0 Å². The minimum Gasteiger partial charge on any atom is -0.380 e. The van der Waals surface area contributed by atoms with Crippen molar-refractivity contribution in [1.82, 2.24) is 9.78 Å². The van der Waals surface area contributed by atoms with Gasteiger partial charge in [0.25, 0.3) is 0 Å². The molecule has 0 aliphatic rings. The number of hydrogen-bond acceptors (Lipinski definition) is 2. The van der Waals surface area contributed by atoms with Crippen molar-refractivity contribution in [3.8, 4) is 0 Å². The number of hydrogen-bond donors (Lipinski definition) is 1. The van der Waals surface area contributed by atoms with Crippen molar-refractivity contribution >= 4 is 5.69 Å². The molecule has 0 saturated carbocycles. The van der Waals surface area contributed by atoms with Gasteiger partial charge in [-0.3, -0.25) is 4.68 Å². The van der Waals surface area contributed by atoms with E-state index in [1.165, 1.54) is 12.4 Å². The van der Waals surface area contributed by atoms with Crippen molar-refractivity contribution in [2.75, 3.05) is 5.32 Å². The quantitative estimate of drug-likeness (QED) is 0.867. The van der Waals surface area contributed by atoms with Crippen LogP contribution in [-0.2, 0) is 6.54 Å². The predicted molar refractivity (Wildman–Crippen MR) is 60.8 cm³/mol. The van der Waals surface area contributed by atoms with E-state index in [2.05, 4.69) is 24.3 Å². The summed E-state index contributed by atoms with van der Waals surface area (Å²) in [6.45, 7) is 5.13. The van der Waals surface area contributed by atoms with Gasteiger partial charge < -0.3 is 5.32 Å². The number of aromatic nitrogens is 2. The number of rotatable bonds is 5. The van der Waals surface area contributed by atoms with E-state index < -0.39 is 12.7 Å². The van der Waals surface area contributed by atoms with Crippen molar-refractivity contribution in [3.05, 3.63) is 12.4 Å². The largest absolute Gasteiger partial charge is 0.408 e. The molecule has 98 valence electrons. The standard InChI is InChI=1S/C11H18F3N3/c1-4-8(2)9(3)16-10-5-15-17(6-10)7-11(12,13)14/h5-6,8-9,16H,4,7H2,1-3H3/t8-,9-/m0/s1. The third-order valence-electron chi connectivity index (χ3n) is 2.87. The molecular weight excluding hydrogens is 231 g/mol. The summed E-state index contributed by atoms with van der Waals surface area (Å²) < 4.78 is 37.2. The van der Waals surface area contributed by atoms with E-state index in [0.29, 0.717) is 11.6 Å². The van der Waals surface area contributed by atoms with E-state index in [9.17, 15) is 13.2 Å². The Bertz CT molecular complexity index is 346. The third-order valence-corrected chi connectivity index (χ3v) is 2.87. The lowest BCUT2D eigenvalue weighted by Crippen LogP contribution is -2.23. The monoisotopic (exact) mass is 249 g/mol. The summed E-state index contributed by atoms with van der Waals surface area (Å²) in [5.41, 5.74) is 0.627. The first-order valence-corrected chi connectivity index (χ1v) is 5.67. The van der Waals surface area contributed by atoms with Gasteiger partial charge in [-0.1, -0.05) is 20.3 Å². The van der Waals surface area contributed by atoms with Crippen LogP contribution in [0.15, 0.2) is 12.4 Å². The van der Waals surface area contributed by atoms with Crippen molar-refractivity contribution in [2.45, 2.75) is 46.0 Å². The minimum atomic E-state index is -4.23. The Morgan fingerprint density at radius 2 is 2.06 bits per heavy atom. The molecule has 0 spiro atoms.